The van der Waals surface area contributed by atoms with Gasteiger partial charge >= 0.3 is 0 Å². The molecule has 138 valence electrons. The summed E-state index contributed by atoms with van der Waals surface area (Å²) in [4.78, 5) is 27.8. The van der Waals surface area contributed by atoms with Gasteiger partial charge in [0.25, 0.3) is 11.6 Å². The average molecular weight is 373 g/mol. The molecular formula is C19H23N3O3S. The number of hydrogen-bond acceptors (Lipinski definition) is 5. The summed E-state index contributed by atoms with van der Waals surface area (Å²) in [7, 11) is 0. The lowest BCUT2D eigenvalue weighted by molar-refractivity contribution is -0.387. The first-order chi connectivity index (χ1) is 12.5. The summed E-state index contributed by atoms with van der Waals surface area (Å²) in [5, 5.41) is 14.1. The molecule has 0 aliphatic heterocycles. The number of aromatic nitrogens is 1. The average Bonchev–Trinajstić information content (AvgIpc) is 2.62. The van der Waals surface area contributed by atoms with E-state index in [2.05, 4.69) is 24.1 Å². The van der Waals surface area contributed by atoms with E-state index in [0.29, 0.717) is 29.3 Å². The number of benzene rings is 1. The van der Waals surface area contributed by atoms with Crippen molar-refractivity contribution in [1.29, 1.82) is 0 Å². The van der Waals surface area contributed by atoms with Gasteiger partial charge in [-0.1, -0.05) is 19.9 Å². The molecule has 0 aliphatic carbocycles. The van der Waals surface area contributed by atoms with Crippen LogP contribution in [0.1, 0.15) is 36.2 Å². The third-order valence-corrected chi connectivity index (χ3v) is 4.89. The number of hydrogen-bond donors (Lipinski definition) is 1. The standard InChI is InChI=1S/C19H23N3O3S/c1-14(2)8-11-26-18-6-5-16(12-17(18)22(24)25)19(23)21-10-7-15-4-3-9-20-13-15/h3-6,9,12-14H,7-8,10-11H2,1-2H3,(H,21,23). The van der Waals surface area contributed by atoms with Gasteiger partial charge in [-0.2, -0.15) is 0 Å². The fourth-order valence-electron chi connectivity index (χ4n) is 2.30. The highest BCUT2D eigenvalue weighted by Crippen LogP contribution is 2.31. The first-order valence-corrected chi connectivity index (χ1v) is 9.54. The molecule has 0 atom stereocenters. The van der Waals surface area contributed by atoms with E-state index in [1.807, 2.05) is 12.1 Å². The predicted molar refractivity (Wildman–Crippen MR) is 104 cm³/mol. The van der Waals surface area contributed by atoms with Crippen molar-refractivity contribution in [2.45, 2.75) is 31.6 Å². The third kappa shape index (κ3) is 6.15. The van der Waals surface area contributed by atoms with Crippen LogP contribution in [0.4, 0.5) is 5.69 Å². The molecule has 1 heterocycles. The molecule has 0 saturated heterocycles. The van der Waals surface area contributed by atoms with E-state index in [-0.39, 0.29) is 11.6 Å². The van der Waals surface area contributed by atoms with Crippen LogP contribution in [0.15, 0.2) is 47.6 Å². The number of amides is 1. The van der Waals surface area contributed by atoms with Crippen LogP contribution in [0, 0.1) is 16.0 Å². The van der Waals surface area contributed by atoms with E-state index in [1.54, 1.807) is 24.5 Å². The van der Waals surface area contributed by atoms with Crippen molar-refractivity contribution in [3.05, 3.63) is 64.0 Å². The molecule has 0 bridgehead atoms. The quantitative estimate of drug-likeness (QED) is 0.406. The van der Waals surface area contributed by atoms with Gasteiger partial charge in [-0.15, -0.1) is 11.8 Å². The van der Waals surface area contributed by atoms with Gasteiger partial charge in [0.05, 0.1) is 9.82 Å². The molecule has 0 aliphatic rings. The van der Waals surface area contributed by atoms with Crippen LogP contribution in [0.3, 0.4) is 0 Å². The normalized spacial score (nSPS) is 10.7. The highest BCUT2D eigenvalue weighted by atomic mass is 32.2. The Morgan fingerprint density at radius 3 is 2.81 bits per heavy atom. The maximum Gasteiger partial charge on any atom is 0.283 e. The van der Waals surface area contributed by atoms with Gasteiger partial charge in [0, 0.05) is 30.6 Å². The second kappa shape index (κ2) is 9.91. The largest absolute Gasteiger partial charge is 0.352 e. The maximum absolute atomic E-state index is 12.3. The van der Waals surface area contributed by atoms with Crippen molar-refractivity contribution in [2.24, 2.45) is 5.92 Å². The number of nitrogens with zero attached hydrogens (tertiary/aromatic N) is 2. The maximum atomic E-state index is 12.3. The lowest BCUT2D eigenvalue weighted by Crippen LogP contribution is -2.25. The highest BCUT2D eigenvalue weighted by molar-refractivity contribution is 7.99. The van der Waals surface area contributed by atoms with Gasteiger partial charge in [-0.05, 0) is 48.3 Å². The SMILES string of the molecule is CC(C)CCSc1ccc(C(=O)NCCc2cccnc2)cc1[N+](=O)[O-]. The van der Waals surface area contributed by atoms with Crippen LogP contribution in [0.25, 0.3) is 0 Å². The highest BCUT2D eigenvalue weighted by Gasteiger charge is 2.18. The number of nitrogens with one attached hydrogen (secondary N) is 1. The Kier molecular flexibility index (Phi) is 7.59. The fraction of sp³-hybridized carbons (Fsp3) is 0.368. The van der Waals surface area contributed by atoms with Crippen LogP contribution in [-0.4, -0.2) is 28.1 Å². The van der Waals surface area contributed by atoms with E-state index in [9.17, 15) is 14.9 Å². The van der Waals surface area contributed by atoms with Crippen molar-refractivity contribution in [3.63, 3.8) is 0 Å². The topological polar surface area (TPSA) is 85.1 Å². The van der Waals surface area contributed by atoms with Crippen molar-refractivity contribution >= 4 is 23.4 Å². The molecule has 26 heavy (non-hydrogen) atoms. The molecule has 0 saturated carbocycles. The molecule has 6 nitrogen and oxygen atoms in total. The predicted octanol–water partition coefficient (Wildman–Crippen LogP) is 4.10. The van der Waals surface area contributed by atoms with Gasteiger partial charge in [0.2, 0.25) is 0 Å². The Morgan fingerprint density at radius 2 is 2.15 bits per heavy atom. The first kappa shape index (κ1) is 19.9. The van der Waals surface area contributed by atoms with E-state index in [4.69, 9.17) is 0 Å². The summed E-state index contributed by atoms with van der Waals surface area (Å²) in [6.45, 7) is 4.69. The first-order valence-electron chi connectivity index (χ1n) is 8.55. The molecule has 1 aromatic heterocycles. The van der Waals surface area contributed by atoms with Crippen molar-refractivity contribution < 1.29 is 9.72 Å². The van der Waals surface area contributed by atoms with E-state index >= 15 is 0 Å². The van der Waals surface area contributed by atoms with E-state index < -0.39 is 4.92 Å². The summed E-state index contributed by atoms with van der Waals surface area (Å²) in [6, 6.07) is 8.45. The second-order valence-electron chi connectivity index (χ2n) is 6.34. The molecular weight excluding hydrogens is 350 g/mol. The Morgan fingerprint density at radius 1 is 1.35 bits per heavy atom. The molecule has 0 spiro atoms. The molecule has 1 amide bonds. The third-order valence-electron chi connectivity index (χ3n) is 3.79. The van der Waals surface area contributed by atoms with Gasteiger partial charge in [0.15, 0.2) is 0 Å². The molecule has 1 N–H and O–H groups in total. The van der Waals surface area contributed by atoms with Gasteiger partial charge in [-0.25, -0.2) is 0 Å². The number of carbonyl (C=O) groups excluding carboxylic acids is 1. The molecule has 1 aromatic carbocycles. The zero-order valence-corrected chi connectivity index (χ0v) is 15.8. The van der Waals surface area contributed by atoms with Gasteiger partial charge in [0.1, 0.15) is 0 Å². The van der Waals surface area contributed by atoms with Gasteiger partial charge < -0.3 is 5.32 Å². The van der Waals surface area contributed by atoms with E-state index in [1.165, 1.54) is 17.8 Å². The van der Waals surface area contributed by atoms with Crippen LogP contribution >= 0.6 is 11.8 Å². The zero-order valence-electron chi connectivity index (χ0n) is 15.0. The zero-order chi connectivity index (χ0) is 18.9. The summed E-state index contributed by atoms with van der Waals surface area (Å²) < 4.78 is 0. The monoisotopic (exact) mass is 373 g/mol. The number of rotatable bonds is 9. The summed E-state index contributed by atoms with van der Waals surface area (Å²) in [6.07, 6.45) is 5.09. The second-order valence-corrected chi connectivity index (χ2v) is 7.47. The summed E-state index contributed by atoms with van der Waals surface area (Å²) in [5.74, 6) is 1.05. The Bertz CT molecular complexity index is 751. The van der Waals surface area contributed by atoms with Crippen LogP contribution < -0.4 is 5.32 Å². The summed E-state index contributed by atoms with van der Waals surface area (Å²) >= 11 is 1.46. The lowest BCUT2D eigenvalue weighted by Gasteiger charge is -2.08. The van der Waals surface area contributed by atoms with Gasteiger partial charge in [-0.3, -0.25) is 19.9 Å². The molecule has 7 heteroatoms. The number of nitro benzene ring substituents is 1. The number of nitro groups is 1. The van der Waals surface area contributed by atoms with Crippen LogP contribution in [0.5, 0.6) is 0 Å². The minimum absolute atomic E-state index is 0.0151. The fourth-order valence-corrected chi connectivity index (χ4v) is 3.55. The minimum Gasteiger partial charge on any atom is -0.352 e. The summed E-state index contributed by atoms with van der Waals surface area (Å²) in [5.41, 5.74) is 1.31. The van der Waals surface area contributed by atoms with Crippen molar-refractivity contribution in [3.8, 4) is 0 Å². The lowest BCUT2D eigenvalue weighted by atomic mass is 10.1. The van der Waals surface area contributed by atoms with Crippen LogP contribution in [-0.2, 0) is 6.42 Å². The molecule has 2 aromatic rings. The van der Waals surface area contributed by atoms with Crippen molar-refractivity contribution in [1.82, 2.24) is 10.3 Å². The number of pyridine rings is 1. The smallest absolute Gasteiger partial charge is 0.283 e. The van der Waals surface area contributed by atoms with Crippen molar-refractivity contribution in [2.75, 3.05) is 12.3 Å². The Balaban J connectivity index is 1.98. The molecule has 0 unspecified atom stereocenters. The Labute approximate surface area is 157 Å². The number of carbonyl (C=O) groups is 1. The Hall–Kier alpha value is -2.41. The minimum atomic E-state index is -0.426. The van der Waals surface area contributed by atoms with E-state index in [0.717, 1.165) is 17.7 Å². The van der Waals surface area contributed by atoms with Crippen LogP contribution in [0.2, 0.25) is 0 Å². The molecule has 0 radical (unpaired) electrons. The molecule has 0 fully saturated rings. The number of thioether (sulfide) groups is 1. The molecule has 2 rings (SSSR count).